The molecular formula is C19H15ClN2O7S. The zero-order chi connectivity index (χ0) is 22.1. The maximum atomic E-state index is 12.9. The van der Waals surface area contributed by atoms with Crippen LogP contribution in [0.15, 0.2) is 48.0 Å². The number of benzene rings is 2. The maximum absolute atomic E-state index is 12.9. The molecule has 3 rings (SSSR count). The minimum absolute atomic E-state index is 0.0560. The maximum Gasteiger partial charge on any atom is 0.335 e. The van der Waals surface area contributed by atoms with Crippen LogP contribution < -0.4 is 19.1 Å². The van der Waals surface area contributed by atoms with Crippen LogP contribution in [0.2, 0.25) is 5.02 Å². The van der Waals surface area contributed by atoms with Gasteiger partial charge in [-0.2, -0.15) is 8.42 Å². The van der Waals surface area contributed by atoms with Gasteiger partial charge in [-0.05, 0) is 48.0 Å². The van der Waals surface area contributed by atoms with E-state index in [4.69, 9.17) is 20.5 Å². The fourth-order valence-electron chi connectivity index (χ4n) is 2.65. The number of hydrogen-bond donors (Lipinski definition) is 1. The average molecular weight is 451 g/mol. The normalized spacial score (nSPS) is 15.9. The third-order valence-electron chi connectivity index (χ3n) is 3.93. The fraction of sp³-hybridized carbons (Fsp3) is 0.105. The van der Waals surface area contributed by atoms with Gasteiger partial charge in [0.25, 0.3) is 11.8 Å². The van der Waals surface area contributed by atoms with Crippen molar-refractivity contribution < 1.29 is 31.7 Å². The first-order chi connectivity index (χ1) is 14.1. The first kappa shape index (κ1) is 21.3. The predicted molar refractivity (Wildman–Crippen MR) is 109 cm³/mol. The third kappa shape index (κ3) is 4.61. The lowest BCUT2D eigenvalue weighted by molar-refractivity contribution is -0.122. The Bertz CT molecular complexity index is 1170. The van der Waals surface area contributed by atoms with Gasteiger partial charge in [0.2, 0.25) is 0 Å². The van der Waals surface area contributed by atoms with Crippen LogP contribution in [0.5, 0.6) is 11.5 Å². The number of carbonyl (C=O) groups is 3. The number of imide groups is 2. The summed E-state index contributed by atoms with van der Waals surface area (Å²) in [5, 5.41) is 2.52. The Morgan fingerprint density at radius 2 is 1.70 bits per heavy atom. The molecule has 4 amide bonds. The molecule has 0 bridgehead atoms. The van der Waals surface area contributed by atoms with Crippen LogP contribution in [0.1, 0.15) is 5.56 Å². The van der Waals surface area contributed by atoms with Crippen molar-refractivity contribution in [2.75, 3.05) is 18.3 Å². The molecule has 9 nitrogen and oxygen atoms in total. The lowest BCUT2D eigenvalue weighted by Gasteiger charge is -2.26. The highest BCUT2D eigenvalue weighted by Crippen LogP contribution is 2.30. The van der Waals surface area contributed by atoms with Crippen molar-refractivity contribution in [3.63, 3.8) is 0 Å². The summed E-state index contributed by atoms with van der Waals surface area (Å²) in [6.07, 6.45) is 2.13. The van der Waals surface area contributed by atoms with E-state index < -0.39 is 28.0 Å². The van der Waals surface area contributed by atoms with Crippen molar-refractivity contribution in [2.45, 2.75) is 0 Å². The minimum atomic E-state index is -3.78. The van der Waals surface area contributed by atoms with E-state index in [1.807, 2.05) is 0 Å². The Hall–Kier alpha value is -3.37. The molecule has 0 radical (unpaired) electrons. The van der Waals surface area contributed by atoms with Crippen molar-refractivity contribution >= 4 is 51.3 Å². The summed E-state index contributed by atoms with van der Waals surface area (Å²) in [6, 6.07) is 9.18. The summed E-state index contributed by atoms with van der Waals surface area (Å²) in [7, 11) is -2.48. The van der Waals surface area contributed by atoms with E-state index in [0.29, 0.717) is 10.6 Å². The van der Waals surface area contributed by atoms with Gasteiger partial charge in [0.15, 0.2) is 11.5 Å². The number of hydrogen-bond acceptors (Lipinski definition) is 7. The molecule has 1 aliphatic heterocycles. The molecule has 2 aromatic carbocycles. The summed E-state index contributed by atoms with van der Waals surface area (Å²) in [4.78, 5) is 38.1. The molecule has 0 aliphatic carbocycles. The van der Waals surface area contributed by atoms with E-state index in [1.54, 1.807) is 0 Å². The number of nitrogens with zero attached hydrogens (tertiary/aromatic N) is 1. The Labute approximate surface area is 177 Å². The predicted octanol–water partition coefficient (Wildman–Crippen LogP) is 2.35. The smallest absolute Gasteiger partial charge is 0.335 e. The molecule has 2 aromatic rings. The van der Waals surface area contributed by atoms with Crippen LogP contribution in [0, 0.1) is 0 Å². The second-order valence-corrected chi connectivity index (χ2v) is 8.14. The van der Waals surface area contributed by atoms with Crippen molar-refractivity contribution in [1.82, 2.24) is 5.32 Å². The number of amides is 4. The Morgan fingerprint density at radius 3 is 2.30 bits per heavy atom. The average Bonchev–Trinajstić information content (AvgIpc) is 2.66. The highest BCUT2D eigenvalue weighted by molar-refractivity contribution is 7.86. The molecule has 1 fully saturated rings. The van der Waals surface area contributed by atoms with Crippen molar-refractivity contribution in [2.24, 2.45) is 0 Å². The van der Waals surface area contributed by atoms with Crippen LogP contribution in [-0.2, 0) is 19.7 Å². The highest BCUT2D eigenvalue weighted by Gasteiger charge is 2.36. The number of halogens is 1. The fourth-order valence-corrected chi connectivity index (χ4v) is 3.24. The zero-order valence-electron chi connectivity index (χ0n) is 15.7. The van der Waals surface area contributed by atoms with Gasteiger partial charge >= 0.3 is 16.1 Å². The molecule has 11 heteroatoms. The van der Waals surface area contributed by atoms with Crippen LogP contribution in [0.4, 0.5) is 10.5 Å². The second kappa shape index (κ2) is 8.17. The van der Waals surface area contributed by atoms with Gasteiger partial charge in [-0.15, -0.1) is 0 Å². The molecule has 1 N–H and O–H groups in total. The number of urea groups is 1. The number of ether oxygens (including phenoxy) is 1. The monoisotopic (exact) mass is 450 g/mol. The van der Waals surface area contributed by atoms with Gasteiger partial charge in [0.05, 0.1) is 19.1 Å². The standard InChI is InChI=1S/C19H15ClN2O7S/c1-28-16-10-11(3-8-15(16)29-30(2,26)27)9-14-17(23)21-19(25)22(18(14)24)13-6-4-12(20)5-7-13/h3-10H,1-2H3,(H,21,23,25)/b14-9-. The van der Waals surface area contributed by atoms with Gasteiger partial charge in [0.1, 0.15) is 5.57 Å². The summed E-state index contributed by atoms with van der Waals surface area (Å²) in [5.74, 6) is -1.68. The summed E-state index contributed by atoms with van der Waals surface area (Å²) >= 11 is 5.83. The Morgan fingerprint density at radius 1 is 1.03 bits per heavy atom. The largest absolute Gasteiger partial charge is 0.493 e. The Balaban J connectivity index is 1.99. The van der Waals surface area contributed by atoms with E-state index >= 15 is 0 Å². The molecule has 0 aromatic heterocycles. The molecule has 1 heterocycles. The lowest BCUT2D eigenvalue weighted by atomic mass is 10.1. The first-order valence-electron chi connectivity index (χ1n) is 8.33. The van der Waals surface area contributed by atoms with Crippen molar-refractivity contribution in [3.8, 4) is 11.5 Å². The van der Waals surface area contributed by atoms with Gasteiger partial charge in [0, 0.05) is 5.02 Å². The first-order valence-corrected chi connectivity index (χ1v) is 10.5. The lowest BCUT2D eigenvalue weighted by Crippen LogP contribution is -2.54. The van der Waals surface area contributed by atoms with Gasteiger partial charge in [-0.25, -0.2) is 9.69 Å². The number of barbiturate groups is 1. The van der Waals surface area contributed by atoms with Crippen LogP contribution in [0.25, 0.3) is 6.08 Å². The van der Waals surface area contributed by atoms with Gasteiger partial charge < -0.3 is 8.92 Å². The number of methoxy groups -OCH3 is 1. The molecule has 1 saturated heterocycles. The summed E-state index contributed by atoms with van der Waals surface area (Å²) in [6.45, 7) is 0. The van der Waals surface area contributed by atoms with E-state index in [2.05, 4.69) is 5.32 Å². The molecule has 156 valence electrons. The van der Waals surface area contributed by atoms with Crippen LogP contribution >= 0.6 is 11.6 Å². The summed E-state index contributed by atoms with van der Waals surface area (Å²) < 4.78 is 32.6. The Kier molecular flexibility index (Phi) is 5.81. The molecule has 30 heavy (non-hydrogen) atoms. The number of rotatable bonds is 5. The van der Waals surface area contributed by atoms with Crippen LogP contribution in [0.3, 0.4) is 0 Å². The van der Waals surface area contributed by atoms with E-state index in [0.717, 1.165) is 11.2 Å². The zero-order valence-corrected chi connectivity index (χ0v) is 17.3. The summed E-state index contributed by atoms with van der Waals surface area (Å²) in [5.41, 5.74) is 0.273. The molecule has 0 spiro atoms. The molecular weight excluding hydrogens is 436 g/mol. The topological polar surface area (TPSA) is 119 Å². The minimum Gasteiger partial charge on any atom is -0.493 e. The van der Waals surface area contributed by atoms with Crippen molar-refractivity contribution in [1.29, 1.82) is 0 Å². The SMILES string of the molecule is COc1cc(/C=C2/C(=O)NC(=O)N(c3ccc(Cl)cc3)C2=O)ccc1OS(C)(=O)=O. The third-order valence-corrected chi connectivity index (χ3v) is 4.66. The number of nitrogens with one attached hydrogen (secondary N) is 1. The van der Waals surface area contributed by atoms with Crippen molar-refractivity contribution in [3.05, 3.63) is 58.6 Å². The second-order valence-electron chi connectivity index (χ2n) is 6.13. The molecule has 0 saturated carbocycles. The van der Waals surface area contributed by atoms with Crippen LogP contribution in [-0.4, -0.2) is 39.6 Å². The van der Waals surface area contributed by atoms with E-state index in [1.165, 1.54) is 55.7 Å². The number of carbonyl (C=O) groups excluding carboxylic acids is 3. The van der Waals surface area contributed by atoms with E-state index in [9.17, 15) is 22.8 Å². The van der Waals surface area contributed by atoms with Gasteiger partial charge in [-0.1, -0.05) is 17.7 Å². The quantitative estimate of drug-likeness (QED) is 0.422. The molecule has 1 aliphatic rings. The van der Waals surface area contributed by atoms with E-state index in [-0.39, 0.29) is 22.8 Å². The molecule has 0 unspecified atom stereocenters. The molecule has 0 atom stereocenters. The van der Waals surface area contributed by atoms with Gasteiger partial charge in [-0.3, -0.25) is 14.9 Å². The number of anilines is 1. The highest BCUT2D eigenvalue weighted by atomic mass is 35.5.